The van der Waals surface area contributed by atoms with Gasteiger partial charge in [0, 0.05) is 12.1 Å². The number of thiophene rings is 1. The summed E-state index contributed by atoms with van der Waals surface area (Å²) in [5.74, 6) is 1.04. The Bertz CT molecular complexity index is 414. The van der Waals surface area contributed by atoms with E-state index < -0.39 is 0 Å². The number of nitrogens with zero attached hydrogens (tertiary/aromatic N) is 1. The first-order chi connectivity index (χ1) is 8.77. The summed E-state index contributed by atoms with van der Waals surface area (Å²) in [6.07, 6.45) is 7.69. The molecule has 0 aromatic carbocycles. The van der Waals surface area contributed by atoms with E-state index in [1.54, 1.807) is 11.3 Å². The van der Waals surface area contributed by atoms with Gasteiger partial charge >= 0.3 is 0 Å². The van der Waals surface area contributed by atoms with Crippen molar-refractivity contribution in [2.24, 2.45) is 5.92 Å². The number of piperidine rings is 1. The lowest BCUT2D eigenvalue weighted by atomic mass is 9.76. The van der Waals surface area contributed by atoms with Crippen LogP contribution in [-0.2, 0) is 0 Å². The first kappa shape index (κ1) is 12.2. The zero-order valence-electron chi connectivity index (χ0n) is 11.0. The SMILES string of the molecule is CC1CCC2CCCCC2N1C(=O)c1cccs1. The molecule has 2 nitrogen and oxygen atoms in total. The maximum Gasteiger partial charge on any atom is 0.264 e. The Kier molecular flexibility index (Phi) is 3.42. The van der Waals surface area contributed by atoms with Gasteiger partial charge in [0.25, 0.3) is 5.91 Å². The van der Waals surface area contributed by atoms with Gasteiger partial charge in [0.2, 0.25) is 0 Å². The Morgan fingerprint density at radius 3 is 2.89 bits per heavy atom. The van der Waals surface area contributed by atoms with Crippen LogP contribution in [0.3, 0.4) is 0 Å². The minimum Gasteiger partial charge on any atom is -0.332 e. The number of carbonyl (C=O) groups excluding carboxylic acids is 1. The quantitative estimate of drug-likeness (QED) is 0.751. The number of rotatable bonds is 1. The standard InChI is InChI=1S/C15H21NOS/c1-11-8-9-12-5-2-3-6-13(12)16(11)15(17)14-7-4-10-18-14/h4,7,10-13H,2-3,5-6,8-9H2,1H3. The summed E-state index contributed by atoms with van der Waals surface area (Å²) in [6.45, 7) is 2.22. The summed E-state index contributed by atoms with van der Waals surface area (Å²) < 4.78 is 0. The molecule has 1 saturated heterocycles. The predicted octanol–water partition coefficient (Wildman–Crippen LogP) is 3.93. The van der Waals surface area contributed by atoms with Crippen LogP contribution >= 0.6 is 11.3 Å². The summed E-state index contributed by atoms with van der Waals surface area (Å²) >= 11 is 1.57. The summed E-state index contributed by atoms with van der Waals surface area (Å²) in [4.78, 5) is 15.8. The molecule has 2 aliphatic rings. The fraction of sp³-hybridized carbons (Fsp3) is 0.667. The third-order valence-corrected chi connectivity index (χ3v) is 5.48. The summed E-state index contributed by atoms with van der Waals surface area (Å²) in [6, 6.07) is 4.87. The molecular weight excluding hydrogens is 242 g/mol. The molecule has 0 bridgehead atoms. The second-order valence-corrected chi connectivity index (χ2v) is 6.68. The molecule has 1 aromatic heterocycles. The topological polar surface area (TPSA) is 20.3 Å². The van der Waals surface area contributed by atoms with Gasteiger partial charge in [-0.1, -0.05) is 18.9 Å². The Morgan fingerprint density at radius 2 is 2.11 bits per heavy atom. The zero-order valence-corrected chi connectivity index (χ0v) is 11.8. The van der Waals surface area contributed by atoms with Crippen LogP contribution in [-0.4, -0.2) is 22.9 Å². The molecule has 2 heterocycles. The molecule has 1 amide bonds. The number of hydrogen-bond acceptors (Lipinski definition) is 2. The molecule has 1 saturated carbocycles. The van der Waals surface area contributed by atoms with Crippen LogP contribution in [0.15, 0.2) is 17.5 Å². The molecule has 3 atom stereocenters. The molecule has 2 fully saturated rings. The van der Waals surface area contributed by atoms with E-state index >= 15 is 0 Å². The van der Waals surface area contributed by atoms with E-state index in [1.807, 2.05) is 17.5 Å². The zero-order chi connectivity index (χ0) is 12.5. The van der Waals surface area contributed by atoms with Crippen molar-refractivity contribution in [1.29, 1.82) is 0 Å². The molecular formula is C15H21NOS. The molecule has 3 unspecified atom stereocenters. The Hall–Kier alpha value is -0.830. The maximum absolute atomic E-state index is 12.7. The third kappa shape index (κ3) is 2.09. The van der Waals surface area contributed by atoms with Crippen molar-refractivity contribution in [2.75, 3.05) is 0 Å². The molecule has 98 valence electrons. The van der Waals surface area contributed by atoms with Gasteiger partial charge in [-0.15, -0.1) is 11.3 Å². The number of carbonyl (C=O) groups is 1. The van der Waals surface area contributed by atoms with Crippen molar-refractivity contribution in [3.63, 3.8) is 0 Å². The van der Waals surface area contributed by atoms with Gasteiger partial charge in [-0.2, -0.15) is 0 Å². The van der Waals surface area contributed by atoms with Crippen LogP contribution in [0.25, 0.3) is 0 Å². The van der Waals surface area contributed by atoms with E-state index in [1.165, 1.54) is 38.5 Å². The molecule has 3 rings (SSSR count). The molecule has 3 heteroatoms. The van der Waals surface area contributed by atoms with Crippen LogP contribution in [0.4, 0.5) is 0 Å². The fourth-order valence-corrected chi connectivity index (χ4v) is 4.36. The molecule has 18 heavy (non-hydrogen) atoms. The summed E-state index contributed by atoms with van der Waals surface area (Å²) in [5.41, 5.74) is 0. The normalized spacial score (nSPS) is 32.1. The summed E-state index contributed by atoms with van der Waals surface area (Å²) in [7, 11) is 0. The lowest BCUT2D eigenvalue weighted by molar-refractivity contribution is 0.0196. The van der Waals surface area contributed by atoms with Crippen molar-refractivity contribution >= 4 is 17.2 Å². The van der Waals surface area contributed by atoms with E-state index in [0.29, 0.717) is 12.1 Å². The second-order valence-electron chi connectivity index (χ2n) is 5.73. The highest BCUT2D eigenvalue weighted by Gasteiger charge is 2.39. The first-order valence-corrected chi connectivity index (χ1v) is 8.01. The van der Waals surface area contributed by atoms with Crippen LogP contribution < -0.4 is 0 Å². The van der Waals surface area contributed by atoms with Crippen molar-refractivity contribution in [2.45, 2.75) is 57.5 Å². The van der Waals surface area contributed by atoms with Crippen LogP contribution in [0.2, 0.25) is 0 Å². The van der Waals surface area contributed by atoms with Crippen molar-refractivity contribution in [3.05, 3.63) is 22.4 Å². The number of likely N-dealkylation sites (tertiary alicyclic amines) is 1. The lowest BCUT2D eigenvalue weighted by Crippen LogP contribution is -2.53. The van der Waals surface area contributed by atoms with E-state index in [2.05, 4.69) is 11.8 Å². The average molecular weight is 263 g/mol. The number of hydrogen-bond donors (Lipinski definition) is 0. The van der Waals surface area contributed by atoms with Crippen LogP contribution in [0.5, 0.6) is 0 Å². The Balaban J connectivity index is 1.85. The van der Waals surface area contributed by atoms with Gasteiger partial charge < -0.3 is 4.90 Å². The van der Waals surface area contributed by atoms with Gasteiger partial charge in [-0.25, -0.2) is 0 Å². The molecule has 1 aromatic rings. The molecule has 1 aliphatic carbocycles. The van der Waals surface area contributed by atoms with E-state index in [0.717, 1.165) is 10.8 Å². The largest absolute Gasteiger partial charge is 0.332 e. The highest BCUT2D eigenvalue weighted by molar-refractivity contribution is 7.12. The Labute approximate surface area is 113 Å². The monoisotopic (exact) mass is 263 g/mol. The molecule has 0 radical (unpaired) electrons. The van der Waals surface area contributed by atoms with Crippen molar-refractivity contribution in [3.8, 4) is 0 Å². The van der Waals surface area contributed by atoms with Gasteiger partial charge in [0.05, 0.1) is 4.88 Å². The van der Waals surface area contributed by atoms with E-state index in [-0.39, 0.29) is 5.91 Å². The fourth-order valence-electron chi connectivity index (χ4n) is 3.69. The minimum atomic E-state index is 0.272. The van der Waals surface area contributed by atoms with E-state index in [4.69, 9.17) is 0 Å². The van der Waals surface area contributed by atoms with Crippen molar-refractivity contribution in [1.82, 2.24) is 4.90 Å². The minimum absolute atomic E-state index is 0.272. The van der Waals surface area contributed by atoms with Crippen molar-refractivity contribution < 1.29 is 4.79 Å². The number of fused-ring (bicyclic) bond motifs is 1. The first-order valence-electron chi connectivity index (χ1n) is 7.13. The maximum atomic E-state index is 12.7. The van der Waals surface area contributed by atoms with Gasteiger partial charge in [-0.3, -0.25) is 4.79 Å². The average Bonchev–Trinajstić information content (AvgIpc) is 2.92. The summed E-state index contributed by atoms with van der Waals surface area (Å²) in [5, 5.41) is 2.00. The third-order valence-electron chi connectivity index (χ3n) is 4.62. The molecule has 0 spiro atoms. The highest BCUT2D eigenvalue weighted by atomic mass is 32.1. The van der Waals surface area contributed by atoms with Gasteiger partial charge in [-0.05, 0) is 50.0 Å². The molecule has 1 aliphatic heterocycles. The second kappa shape index (κ2) is 5.04. The van der Waals surface area contributed by atoms with Gasteiger partial charge in [0.1, 0.15) is 0 Å². The number of amides is 1. The lowest BCUT2D eigenvalue weighted by Gasteiger charge is -2.47. The van der Waals surface area contributed by atoms with Crippen LogP contribution in [0.1, 0.15) is 55.1 Å². The van der Waals surface area contributed by atoms with E-state index in [9.17, 15) is 4.79 Å². The van der Waals surface area contributed by atoms with Gasteiger partial charge in [0.15, 0.2) is 0 Å². The predicted molar refractivity (Wildman–Crippen MR) is 74.9 cm³/mol. The highest BCUT2D eigenvalue weighted by Crippen LogP contribution is 2.38. The van der Waals surface area contributed by atoms with Crippen LogP contribution in [0, 0.1) is 5.92 Å². The molecule has 0 N–H and O–H groups in total. The smallest absolute Gasteiger partial charge is 0.264 e. The Morgan fingerprint density at radius 1 is 1.28 bits per heavy atom.